The molecule has 0 saturated heterocycles. The summed E-state index contributed by atoms with van der Waals surface area (Å²) in [6, 6.07) is 2.46. The van der Waals surface area contributed by atoms with E-state index in [1.54, 1.807) is 22.6 Å². The van der Waals surface area contributed by atoms with Gasteiger partial charge in [-0.25, -0.2) is 4.79 Å². The molecule has 6 nitrogen and oxygen atoms in total. The molecule has 1 rings (SSSR count). The minimum atomic E-state index is -1.28. The van der Waals surface area contributed by atoms with E-state index in [1.807, 2.05) is 0 Å². The minimum absolute atomic E-state index is 0.321. The van der Waals surface area contributed by atoms with Crippen molar-refractivity contribution in [1.82, 2.24) is 4.98 Å². The van der Waals surface area contributed by atoms with Crippen LogP contribution in [0, 0.1) is 13.7 Å². The highest BCUT2D eigenvalue weighted by molar-refractivity contribution is 14.1. The Hall–Kier alpha value is -1.25. The number of rotatable bonds is 2. The molecule has 0 radical (unpaired) electrons. The number of aromatic nitrogens is 1. The summed E-state index contributed by atoms with van der Waals surface area (Å²) in [5.41, 5.74) is -0.321. The van der Waals surface area contributed by atoms with Crippen molar-refractivity contribution in [3.05, 3.63) is 31.5 Å². The summed E-state index contributed by atoms with van der Waals surface area (Å²) in [7, 11) is 0. The van der Waals surface area contributed by atoms with E-state index in [4.69, 9.17) is 5.11 Å². The zero-order valence-electron chi connectivity index (χ0n) is 6.10. The van der Waals surface area contributed by atoms with Crippen molar-refractivity contribution in [3.63, 3.8) is 0 Å². The van der Waals surface area contributed by atoms with Gasteiger partial charge in [0, 0.05) is 15.7 Å². The van der Waals surface area contributed by atoms with Gasteiger partial charge in [-0.1, -0.05) is 0 Å². The molecule has 0 bridgehead atoms. The van der Waals surface area contributed by atoms with Crippen molar-refractivity contribution >= 4 is 34.4 Å². The van der Waals surface area contributed by atoms with Crippen LogP contribution in [0.1, 0.15) is 10.5 Å². The summed E-state index contributed by atoms with van der Waals surface area (Å²) in [6.45, 7) is 0. The molecular weight excluding hydrogens is 291 g/mol. The third-order valence-electron chi connectivity index (χ3n) is 1.18. The maximum Gasteiger partial charge on any atom is 0.380 e. The monoisotopic (exact) mass is 294 g/mol. The van der Waals surface area contributed by atoms with E-state index in [-0.39, 0.29) is 5.69 Å². The Balaban J connectivity index is 3.26. The van der Waals surface area contributed by atoms with Gasteiger partial charge in [-0.05, 0) is 32.5 Å². The molecule has 68 valence electrons. The molecule has 1 aromatic heterocycles. The summed E-state index contributed by atoms with van der Waals surface area (Å²) < 4.78 is 0.469. The fourth-order valence-electron chi connectivity index (χ4n) is 0.687. The zero-order valence-corrected chi connectivity index (χ0v) is 8.26. The van der Waals surface area contributed by atoms with Crippen LogP contribution >= 0.6 is 22.6 Å². The number of hydrogen-bond donors (Lipinski definition) is 1. The van der Waals surface area contributed by atoms with Crippen LogP contribution in [0.25, 0.3) is 0 Å². The third-order valence-corrected chi connectivity index (χ3v) is 1.81. The van der Waals surface area contributed by atoms with E-state index < -0.39 is 16.7 Å². The summed E-state index contributed by atoms with van der Waals surface area (Å²) in [6.07, 6.45) is 0. The predicted octanol–water partition coefficient (Wildman–Crippen LogP) is 1.29. The van der Waals surface area contributed by atoms with E-state index in [0.717, 1.165) is 0 Å². The summed E-state index contributed by atoms with van der Waals surface area (Å²) in [5.74, 6) is -1.73. The van der Waals surface area contributed by atoms with Gasteiger partial charge in [0.05, 0.1) is 0 Å². The smallest absolute Gasteiger partial charge is 0.380 e. The van der Waals surface area contributed by atoms with Crippen LogP contribution < -0.4 is 0 Å². The number of aromatic carboxylic acids is 1. The molecule has 1 aromatic rings. The lowest BCUT2D eigenvalue weighted by atomic mass is 10.3. The number of halogens is 1. The number of nitrogens with zero attached hydrogens (tertiary/aromatic N) is 2. The van der Waals surface area contributed by atoms with Gasteiger partial charge in [-0.15, -0.1) is 0 Å². The average Bonchev–Trinajstić information content (AvgIpc) is 2.03. The van der Waals surface area contributed by atoms with Crippen LogP contribution in [0.2, 0.25) is 0 Å². The molecule has 13 heavy (non-hydrogen) atoms. The van der Waals surface area contributed by atoms with Gasteiger partial charge in [0.2, 0.25) is 0 Å². The highest BCUT2D eigenvalue weighted by atomic mass is 127. The van der Waals surface area contributed by atoms with Crippen molar-refractivity contribution in [2.24, 2.45) is 0 Å². The second kappa shape index (κ2) is 3.64. The summed E-state index contributed by atoms with van der Waals surface area (Å²) >= 11 is 1.79. The zero-order chi connectivity index (χ0) is 10.0. The maximum atomic E-state index is 10.4. The number of nitro groups is 1. The minimum Gasteiger partial charge on any atom is -0.475 e. The normalized spacial score (nSPS) is 9.62. The standard InChI is InChI=1S/C6H3IN2O4/c7-3-1-4(6(10)11)8-5(2-3)9(12)13/h1-2H,(H,10,11). The van der Waals surface area contributed by atoms with Gasteiger partial charge in [-0.3, -0.25) is 0 Å². The first-order valence-electron chi connectivity index (χ1n) is 3.06. The van der Waals surface area contributed by atoms with Gasteiger partial charge in [0.15, 0.2) is 0 Å². The molecule has 0 saturated carbocycles. The quantitative estimate of drug-likeness (QED) is 0.504. The van der Waals surface area contributed by atoms with Gasteiger partial charge < -0.3 is 15.2 Å². The van der Waals surface area contributed by atoms with Crippen molar-refractivity contribution in [2.75, 3.05) is 0 Å². The molecule has 0 fully saturated rings. The lowest BCUT2D eigenvalue weighted by molar-refractivity contribution is -0.389. The van der Waals surface area contributed by atoms with Gasteiger partial charge in [0.25, 0.3) is 5.69 Å². The van der Waals surface area contributed by atoms with Crippen LogP contribution in [0.4, 0.5) is 5.82 Å². The van der Waals surface area contributed by atoms with E-state index in [2.05, 4.69) is 4.98 Å². The van der Waals surface area contributed by atoms with Crippen LogP contribution in [0.15, 0.2) is 12.1 Å². The third kappa shape index (κ3) is 2.34. The Morgan fingerprint density at radius 1 is 1.62 bits per heavy atom. The largest absolute Gasteiger partial charge is 0.475 e. The molecule has 0 aliphatic rings. The molecule has 0 aliphatic carbocycles. The topological polar surface area (TPSA) is 93.3 Å². The molecule has 0 spiro atoms. The number of carboxylic acid groups (broad SMARTS) is 1. The SMILES string of the molecule is O=C(O)c1cc(I)cc([N+](=O)[O-])n1. The van der Waals surface area contributed by atoms with Crippen LogP contribution in [0.3, 0.4) is 0 Å². The molecule has 7 heteroatoms. The number of carbonyl (C=O) groups is 1. The van der Waals surface area contributed by atoms with Crippen molar-refractivity contribution < 1.29 is 14.8 Å². The fraction of sp³-hybridized carbons (Fsp3) is 0. The Labute approximate surface area is 85.9 Å². The van der Waals surface area contributed by atoms with Gasteiger partial charge in [0.1, 0.15) is 0 Å². The number of hydrogen-bond acceptors (Lipinski definition) is 4. The van der Waals surface area contributed by atoms with E-state index >= 15 is 0 Å². The second-order valence-corrected chi connectivity index (χ2v) is 3.34. The molecule has 0 unspecified atom stereocenters. The lowest BCUT2D eigenvalue weighted by Crippen LogP contribution is -2.03. The Morgan fingerprint density at radius 2 is 2.23 bits per heavy atom. The van der Waals surface area contributed by atoms with E-state index in [0.29, 0.717) is 3.57 Å². The second-order valence-electron chi connectivity index (χ2n) is 2.09. The highest BCUT2D eigenvalue weighted by Crippen LogP contribution is 2.14. The fourth-order valence-corrected chi connectivity index (χ4v) is 1.26. The average molecular weight is 294 g/mol. The van der Waals surface area contributed by atoms with Crippen LogP contribution in [0.5, 0.6) is 0 Å². The summed E-state index contributed by atoms with van der Waals surface area (Å²) in [4.78, 5) is 23.3. The Morgan fingerprint density at radius 3 is 2.69 bits per heavy atom. The Bertz CT molecular complexity index is 347. The Kier molecular flexibility index (Phi) is 2.76. The highest BCUT2D eigenvalue weighted by Gasteiger charge is 2.17. The van der Waals surface area contributed by atoms with E-state index in [1.165, 1.54) is 12.1 Å². The van der Waals surface area contributed by atoms with Crippen molar-refractivity contribution in [3.8, 4) is 0 Å². The molecule has 1 heterocycles. The van der Waals surface area contributed by atoms with Gasteiger partial charge in [-0.2, -0.15) is 0 Å². The van der Waals surface area contributed by atoms with E-state index in [9.17, 15) is 14.9 Å². The van der Waals surface area contributed by atoms with Crippen LogP contribution in [-0.2, 0) is 0 Å². The first kappa shape index (κ1) is 9.84. The molecule has 0 aromatic carbocycles. The molecule has 0 amide bonds. The lowest BCUT2D eigenvalue weighted by Gasteiger charge is -1.93. The molecule has 0 aliphatic heterocycles. The predicted molar refractivity (Wildman–Crippen MR) is 50.6 cm³/mol. The molecule has 0 atom stereocenters. The first-order chi connectivity index (χ1) is 6.00. The number of carboxylic acids is 1. The first-order valence-corrected chi connectivity index (χ1v) is 4.14. The summed E-state index contributed by atoms with van der Waals surface area (Å²) in [5, 5.41) is 18.8. The molecule has 1 N–H and O–H groups in total. The van der Waals surface area contributed by atoms with Crippen molar-refractivity contribution in [1.29, 1.82) is 0 Å². The number of pyridine rings is 1. The van der Waals surface area contributed by atoms with Crippen LogP contribution in [-0.4, -0.2) is 21.0 Å². The maximum absolute atomic E-state index is 10.4. The van der Waals surface area contributed by atoms with Crippen molar-refractivity contribution in [2.45, 2.75) is 0 Å². The van der Waals surface area contributed by atoms with Gasteiger partial charge >= 0.3 is 11.8 Å². The molecular formula is C6H3IN2O4.